The molecule has 2 aromatic heterocycles. The van der Waals surface area contributed by atoms with Crippen LogP contribution in [0.1, 0.15) is 35.3 Å². The minimum Gasteiger partial charge on any atom is -0.478 e. The van der Waals surface area contributed by atoms with Crippen LogP contribution in [0.15, 0.2) is 67.3 Å². The maximum atomic E-state index is 14.3. The Kier molecular flexibility index (Phi) is 8.85. The van der Waals surface area contributed by atoms with Gasteiger partial charge < -0.3 is 34.5 Å². The van der Waals surface area contributed by atoms with Crippen molar-refractivity contribution in [2.45, 2.75) is 37.9 Å². The smallest absolute Gasteiger partial charge is 0.412 e. The number of carbonyl (C=O) groups excluding carboxylic acids is 2. The Hall–Kier alpha value is -5.41. The van der Waals surface area contributed by atoms with Gasteiger partial charge in [-0.15, -0.1) is 0 Å². The van der Waals surface area contributed by atoms with E-state index in [0.29, 0.717) is 24.1 Å². The van der Waals surface area contributed by atoms with Crippen molar-refractivity contribution in [2.24, 2.45) is 5.92 Å². The number of ether oxygens (including phenoxy) is 3. The molecular formula is C31H30FN7O7. The Morgan fingerprint density at radius 1 is 1.07 bits per heavy atom. The Morgan fingerprint density at radius 2 is 1.87 bits per heavy atom. The van der Waals surface area contributed by atoms with Crippen molar-refractivity contribution in [3.8, 4) is 5.75 Å². The Labute approximate surface area is 261 Å². The number of nitrogens with one attached hydrogen (secondary N) is 3. The number of carboxylic acids is 1. The molecule has 1 aliphatic carbocycles. The van der Waals surface area contributed by atoms with Gasteiger partial charge in [0.15, 0.2) is 34.8 Å². The maximum Gasteiger partial charge on any atom is 0.412 e. The van der Waals surface area contributed by atoms with Crippen molar-refractivity contribution in [1.29, 1.82) is 0 Å². The van der Waals surface area contributed by atoms with Crippen molar-refractivity contribution in [2.75, 3.05) is 18.4 Å². The minimum atomic E-state index is -1.43. The van der Waals surface area contributed by atoms with Gasteiger partial charge in [-0.25, -0.2) is 33.7 Å². The number of aromatic nitrogens is 4. The number of hydrogen-bond donors (Lipinski definition) is 4. The molecule has 1 aliphatic heterocycles. The molecule has 4 unspecified atom stereocenters. The summed E-state index contributed by atoms with van der Waals surface area (Å²) in [6.45, 7) is 2.28. The normalized spacial score (nSPS) is 22.1. The molecule has 2 aliphatic rings. The zero-order chi connectivity index (χ0) is 32.2. The highest BCUT2D eigenvalue weighted by Crippen LogP contribution is 2.45. The molecule has 4 aromatic rings. The van der Waals surface area contributed by atoms with Crippen LogP contribution in [-0.4, -0.2) is 74.3 Å². The van der Waals surface area contributed by atoms with Crippen LogP contribution in [0.5, 0.6) is 5.75 Å². The predicted octanol–water partition coefficient (Wildman–Crippen LogP) is 3.98. The second-order valence-corrected chi connectivity index (χ2v) is 10.6. The second-order valence-electron chi connectivity index (χ2n) is 10.6. The predicted molar refractivity (Wildman–Crippen MR) is 162 cm³/mol. The van der Waals surface area contributed by atoms with Crippen molar-refractivity contribution in [3.05, 3.63) is 84.2 Å². The first-order valence-electron chi connectivity index (χ1n) is 14.6. The molecule has 0 radical (unpaired) electrons. The van der Waals surface area contributed by atoms with E-state index in [1.807, 2.05) is 41.0 Å². The summed E-state index contributed by atoms with van der Waals surface area (Å²) in [5.74, 6) is -3.15. The lowest BCUT2D eigenvalue weighted by Gasteiger charge is -2.20. The molecule has 1 saturated heterocycles. The molecule has 14 nitrogen and oxygen atoms in total. The topological polar surface area (TPSA) is 179 Å². The summed E-state index contributed by atoms with van der Waals surface area (Å²) in [6, 6.07) is 12.2. The molecule has 0 spiro atoms. The molecule has 0 bridgehead atoms. The highest BCUT2D eigenvalue weighted by molar-refractivity contribution is 5.96. The first-order valence-corrected chi connectivity index (χ1v) is 14.6. The molecule has 3 heterocycles. The zero-order valence-electron chi connectivity index (χ0n) is 24.5. The van der Waals surface area contributed by atoms with E-state index in [4.69, 9.17) is 14.2 Å². The Balaban J connectivity index is 1.23. The van der Waals surface area contributed by atoms with Crippen LogP contribution in [-0.2, 0) is 9.47 Å². The van der Waals surface area contributed by atoms with Gasteiger partial charge in [0, 0.05) is 19.0 Å². The largest absolute Gasteiger partial charge is 0.478 e. The van der Waals surface area contributed by atoms with Crippen LogP contribution >= 0.6 is 0 Å². The Bertz CT molecular complexity index is 1780. The number of fused-ring (bicyclic) bond motifs is 2. The van der Waals surface area contributed by atoms with Gasteiger partial charge >= 0.3 is 18.1 Å². The average molecular weight is 632 g/mol. The lowest BCUT2D eigenvalue weighted by atomic mass is 10.1. The van der Waals surface area contributed by atoms with E-state index in [1.165, 1.54) is 12.4 Å². The minimum absolute atomic E-state index is 0.0530. The molecule has 2 fully saturated rings. The highest BCUT2D eigenvalue weighted by atomic mass is 19.1. The van der Waals surface area contributed by atoms with Crippen molar-refractivity contribution >= 4 is 41.2 Å². The third-order valence-electron chi connectivity index (χ3n) is 7.73. The molecule has 4 N–H and O–H groups in total. The van der Waals surface area contributed by atoms with Gasteiger partial charge in [0.2, 0.25) is 0 Å². The summed E-state index contributed by atoms with van der Waals surface area (Å²) in [5, 5.41) is 17.3. The van der Waals surface area contributed by atoms with Crippen LogP contribution < -0.4 is 20.7 Å². The van der Waals surface area contributed by atoms with Crippen molar-refractivity contribution < 1.29 is 38.1 Å². The summed E-state index contributed by atoms with van der Waals surface area (Å²) in [4.78, 5) is 49.5. The number of carbonyl (C=O) groups is 3. The van der Waals surface area contributed by atoms with Gasteiger partial charge in [-0.2, -0.15) is 0 Å². The fourth-order valence-electron chi connectivity index (χ4n) is 5.70. The van der Waals surface area contributed by atoms with E-state index in [9.17, 15) is 23.9 Å². The monoisotopic (exact) mass is 631 g/mol. The highest BCUT2D eigenvalue weighted by Gasteiger charge is 2.52. The van der Waals surface area contributed by atoms with Gasteiger partial charge in [-0.05, 0) is 37.1 Å². The molecule has 5 atom stereocenters. The molecule has 46 heavy (non-hydrogen) atoms. The molecule has 238 valence electrons. The molecule has 2 aromatic carbocycles. The number of benzene rings is 2. The van der Waals surface area contributed by atoms with Gasteiger partial charge in [-0.1, -0.05) is 42.5 Å². The number of nitrogens with zero attached hydrogens (tertiary/aromatic N) is 4. The number of urea groups is 1. The van der Waals surface area contributed by atoms with E-state index in [1.54, 1.807) is 19.3 Å². The number of anilines is 1. The number of amides is 3. The van der Waals surface area contributed by atoms with Crippen LogP contribution in [0.2, 0.25) is 0 Å². The maximum absolute atomic E-state index is 14.3. The summed E-state index contributed by atoms with van der Waals surface area (Å²) in [5.41, 5.74) is 1.33. The van der Waals surface area contributed by atoms with E-state index >= 15 is 0 Å². The average Bonchev–Trinajstić information content (AvgIpc) is 3.75. The molecular weight excluding hydrogens is 601 g/mol. The fraction of sp³-hybridized carbons (Fsp3) is 0.290. The van der Waals surface area contributed by atoms with E-state index < -0.39 is 53.7 Å². The lowest BCUT2D eigenvalue weighted by Crippen LogP contribution is -2.36. The molecule has 6 rings (SSSR count). The van der Waals surface area contributed by atoms with Gasteiger partial charge in [0.25, 0.3) is 0 Å². The van der Waals surface area contributed by atoms with E-state index in [-0.39, 0.29) is 24.3 Å². The molecule has 3 amide bonds. The lowest BCUT2D eigenvalue weighted by molar-refractivity contribution is -0.0497. The summed E-state index contributed by atoms with van der Waals surface area (Å²) in [6.07, 6.45) is 4.40. The van der Waals surface area contributed by atoms with E-state index in [0.717, 1.165) is 17.7 Å². The van der Waals surface area contributed by atoms with Crippen LogP contribution in [0.25, 0.3) is 17.2 Å². The van der Waals surface area contributed by atoms with Crippen LogP contribution in [0, 0.1) is 11.7 Å². The number of aromatic carboxylic acids is 1. The van der Waals surface area contributed by atoms with Gasteiger partial charge in [0.05, 0.1) is 18.5 Å². The standard InChI is InChI=1S/C31H30FN7O7/c1-2-33-30(42)38-27-23-28(36-15-35-27)39(16-37-23)21-13-18(14-34-31(43)46-25-19(29(40)41)9-6-10-20(25)32)24-26(21)45-22(44-24)12-11-17-7-4-3-5-8-17/h3-12,15-16,18,21-22,24,26H,2,13-14H2,1H3,(H,34,43)(H,40,41)(H2,33,35,36,38,42)/t18?,21?,22-,24?,26?/m0/s1. The number of halogens is 1. The van der Waals surface area contributed by atoms with Crippen molar-refractivity contribution in [3.63, 3.8) is 0 Å². The second kappa shape index (κ2) is 13.3. The summed E-state index contributed by atoms with van der Waals surface area (Å²) >= 11 is 0. The zero-order valence-corrected chi connectivity index (χ0v) is 24.5. The number of hydrogen-bond acceptors (Lipinski definition) is 9. The summed E-state index contributed by atoms with van der Waals surface area (Å²) < 4.78 is 33.9. The van der Waals surface area contributed by atoms with Gasteiger partial charge in [0.1, 0.15) is 18.0 Å². The third kappa shape index (κ3) is 6.36. The van der Waals surface area contributed by atoms with E-state index in [2.05, 4.69) is 30.9 Å². The first-order chi connectivity index (χ1) is 22.3. The SMILES string of the molecule is CCNC(=O)Nc1ncnc2c1ncn2C1CC(CNC(=O)Oc2c(F)cccc2C(=O)O)C2O[C@H](C=Cc3ccccc3)OC21. The first kappa shape index (κ1) is 30.6. The molecule has 1 saturated carbocycles. The van der Waals surface area contributed by atoms with Gasteiger partial charge in [-0.3, -0.25) is 5.32 Å². The quantitative estimate of drug-likeness (QED) is 0.211. The number of para-hydroxylation sites is 1. The number of rotatable bonds is 9. The van der Waals surface area contributed by atoms with Crippen molar-refractivity contribution in [1.82, 2.24) is 30.2 Å². The van der Waals surface area contributed by atoms with Crippen LogP contribution in [0.4, 0.5) is 19.8 Å². The fourth-order valence-corrected chi connectivity index (χ4v) is 5.70. The van der Waals surface area contributed by atoms with Crippen LogP contribution in [0.3, 0.4) is 0 Å². The third-order valence-corrected chi connectivity index (χ3v) is 7.73. The number of carboxylic acid groups (broad SMARTS) is 1. The Morgan fingerprint density at radius 3 is 2.65 bits per heavy atom. The molecule has 15 heteroatoms. The number of imidazole rings is 1. The summed E-state index contributed by atoms with van der Waals surface area (Å²) in [7, 11) is 0.